The van der Waals surface area contributed by atoms with E-state index in [0.29, 0.717) is 5.69 Å². The zero-order chi connectivity index (χ0) is 14.7. The summed E-state index contributed by atoms with van der Waals surface area (Å²) in [7, 11) is 0. The van der Waals surface area contributed by atoms with Gasteiger partial charge in [0.1, 0.15) is 0 Å². The van der Waals surface area contributed by atoms with Crippen molar-refractivity contribution in [3.8, 4) is 22.4 Å². The number of aryl methyl sites for hydroxylation is 1. The van der Waals surface area contributed by atoms with Gasteiger partial charge in [0.15, 0.2) is 5.69 Å². The SMILES string of the molecule is [C-]#[N+]c1cccc(-c2cc(-c3ccccc3)c(C)cn2)c1. The average Bonchev–Trinajstić information content (AvgIpc) is 2.56. The van der Waals surface area contributed by atoms with Gasteiger partial charge in [-0.25, -0.2) is 4.85 Å². The van der Waals surface area contributed by atoms with Gasteiger partial charge in [-0.15, -0.1) is 0 Å². The minimum Gasteiger partial charge on any atom is -0.256 e. The van der Waals surface area contributed by atoms with E-state index in [0.717, 1.165) is 16.8 Å². The molecule has 0 fully saturated rings. The van der Waals surface area contributed by atoms with Crippen molar-refractivity contribution >= 4 is 5.69 Å². The predicted molar refractivity (Wildman–Crippen MR) is 86.1 cm³/mol. The molecular weight excluding hydrogens is 256 g/mol. The van der Waals surface area contributed by atoms with Gasteiger partial charge in [-0.1, -0.05) is 48.5 Å². The maximum Gasteiger partial charge on any atom is 0.187 e. The molecule has 0 radical (unpaired) electrons. The molecular formula is C19H14N2. The first kappa shape index (κ1) is 13.1. The van der Waals surface area contributed by atoms with Crippen LogP contribution in [0.4, 0.5) is 5.69 Å². The summed E-state index contributed by atoms with van der Waals surface area (Å²) in [5.41, 5.74) is 6.00. The first-order chi connectivity index (χ1) is 10.3. The van der Waals surface area contributed by atoms with Crippen molar-refractivity contribution in [2.45, 2.75) is 6.92 Å². The van der Waals surface area contributed by atoms with Crippen molar-refractivity contribution in [1.29, 1.82) is 0 Å². The van der Waals surface area contributed by atoms with Crippen LogP contribution >= 0.6 is 0 Å². The first-order valence-corrected chi connectivity index (χ1v) is 6.78. The highest BCUT2D eigenvalue weighted by atomic mass is 14.7. The summed E-state index contributed by atoms with van der Waals surface area (Å²) in [6.45, 7) is 9.18. The largest absolute Gasteiger partial charge is 0.256 e. The van der Waals surface area contributed by atoms with Gasteiger partial charge in [0.2, 0.25) is 0 Å². The second kappa shape index (κ2) is 5.60. The van der Waals surface area contributed by atoms with E-state index >= 15 is 0 Å². The van der Waals surface area contributed by atoms with E-state index in [-0.39, 0.29) is 0 Å². The lowest BCUT2D eigenvalue weighted by molar-refractivity contribution is 1.27. The van der Waals surface area contributed by atoms with E-state index in [9.17, 15) is 0 Å². The van der Waals surface area contributed by atoms with E-state index < -0.39 is 0 Å². The van der Waals surface area contributed by atoms with Gasteiger partial charge in [0.25, 0.3) is 0 Å². The molecule has 3 rings (SSSR count). The quantitative estimate of drug-likeness (QED) is 0.579. The van der Waals surface area contributed by atoms with Crippen LogP contribution in [0.1, 0.15) is 5.56 Å². The number of hydrogen-bond donors (Lipinski definition) is 0. The second-order valence-electron chi connectivity index (χ2n) is 4.91. The highest BCUT2D eigenvalue weighted by Crippen LogP contribution is 2.29. The van der Waals surface area contributed by atoms with Gasteiger partial charge in [-0.3, -0.25) is 4.98 Å². The fourth-order valence-electron chi connectivity index (χ4n) is 2.35. The second-order valence-corrected chi connectivity index (χ2v) is 4.91. The molecule has 0 aliphatic carbocycles. The van der Waals surface area contributed by atoms with Crippen LogP contribution in [0.15, 0.2) is 66.9 Å². The van der Waals surface area contributed by atoms with E-state index in [1.165, 1.54) is 11.1 Å². The molecule has 2 nitrogen and oxygen atoms in total. The highest BCUT2D eigenvalue weighted by molar-refractivity contribution is 5.74. The minimum absolute atomic E-state index is 0.635. The third-order valence-corrected chi connectivity index (χ3v) is 3.46. The molecule has 0 aliphatic rings. The Morgan fingerprint density at radius 2 is 1.67 bits per heavy atom. The number of pyridine rings is 1. The summed E-state index contributed by atoms with van der Waals surface area (Å²) in [5, 5.41) is 0. The molecule has 2 aromatic carbocycles. The Bertz CT molecular complexity index is 814. The molecule has 3 aromatic rings. The van der Waals surface area contributed by atoms with Gasteiger partial charge in [0, 0.05) is 6.20 Å². The maximum absolute atomic E-state index is 7.12. The van der Waals surface area contributed by atoms with Gasteiger partial charge in [0.05, 0.1) is 12.3 Å². The number of hydrogen-bond acceptors (Lipinski definition) is 1. The Balaban J connectivity index is 2.12. The number of nitrogens with zero attached hydrogens (tertiary/aromatic N) is 2. The molecule has 21 heavy (non-hydrogen) atoms. The van der Waals surface area contributed by atoms with Crippen molar-refractivity contribution < 1.29 is 0 Å². The zero-order valence-corrected chi connectivity index (χ0v) is 11.7. The van der Waals surface area contributed by atoms with E-state index in [2.05, 4.69) is 35.0 Å². The monoisotopic (exact) mass is 270 g/mol. The van der Waals surface area contributed by atoms with Crippen molar-refractivity contribution in [3.05, 3.63) is 83.8 Å². The zero-order valence-electron chi connectivity index (χ0n) is 11.7. The lowest BCUT2D eigenvalue weighted by Crippen LogP contribution is -1.89. The van der Waals surface area contributed by atoms with Gasteiger partial charge < -0.3 is 0 Å². The molecule has 0 unspecified atom stereocenters. The number of aromatic nitrogens is 1. The average molecular weight is 270 g/mol. The smallest absolute Gasteiger partial charge is 0.187 e. The summed E-state index contributed by atoms with van der Waals surface area (Å²) in [6.07, 6.45) is 1.89. The van der Waals surface area contributed by atoms with Crippen molar-refractivity contribution in [1.82, 2.24) is 4.98 Å². The predicted octanol–water partition coefficient (Wildman–Crippen LogP) is 5.27. The maximum atomic E-state index is 7.12. The molecule has 0 saturated heterocycles. The summed E-state index contributed by atoms with van der Waals surface area (Å²) < 4.78 is 0. The van der Waals surface area contributed by atoms with Crippen LogP contribution in [-0.4, -0.2) is 4.98 Å². The van der Waals surface area contributed by atoms with Crippen LogP contribution in [0.5, 0.6) is 0 Å². The third-order valence-electron chi connectivity index (χ3n) is 3.46. The number of rotatable bonds is 2. The Morgan fingerprint density at radius 1 is 0.905 bits per heavy atom. The summed E-state index contributed by atoms with van der Waals surface area (Å²) in [5.74, 6) is 0. The highest BCUT2D eigenvalue weighted by Gasteiger charge is 2.06. The van der Waals surface area contributed by atoms with E-state index in [1.807, 2.05) is 48.7 Å². The van der Waals surface area contributed by atoms with Crippen LogP contribution in [0.25, 0.3) is 27.2 Å². The molecule has 2 heteroatoms. The topological polar surface area (TPSA) is 17.2 Å². The van der Waals surface area contributed by atoms with Crippen LogP contribution in [0.2, 0.25) is 0 Å². The van der Waals surface area contributed by atoms with Gasteiger partial charge >= 0.3 is 0 Å². The number of benzene rings is 2. The molecule has 0 saturated carbocycles. The fourth-order valence-corrected chi connectivity index (χ4v) is 2.35. The lowest BCUT2D eigenvalue weighted by Gasteiger charge is -2.09. The Kier molecular flexibility index (Phi) is 3.49. The molecule has 0 bridgehead atoms. The normalized spacial score (nSPS) is 10.1. The van der Waals surface area contributed by atoms with Crippen LogP contribution in [0.3, 0.4) is 0 Å². The third kappa shape index (κ3) is 2.68. The minimum atomic E-state index is 0.635. The van der Waals surface area contributed by atoms with Crippen molar-refractivity contribution in [2.75, 3.05) is 0 Å². The Hall–Kier alpha value is -2.92. The molecule has 1 aromatic heterocycles. The fraction of sp³-hybridized carbons (Fsp3) is 0.0526. The molecule has 100 valence electrons. The molecule has 0 aliphatic heterocycles. The lowest BCUT2D eigenvalue weighted by atomic mass is 9.99. The van der Waals surface area contributed by atoms with E-state index in [4.69, 9.17) is 6.57 Å². The molecule has 0 amide bonds. The van der Waals surface area contributed by atoms with Gasteiger partial charge in [-0.2, -0.15) is 0 Å². The first-order valence-electron chi connectivity index (χ1n) is 6.78. The van der Waals surface area contributed by atoms with Crippen molar-refractivity contribution in [3.63, 3.8) is 0 Å². The molecule has 0 spiro atoms. The van der Waals surface area contributed by atoms with Crippen LogP contribution < -0.4 is 0 Å². The molecule has 1 heterocycles. The van der Waals surface area contributed by atoms with Crippen LogP contribution in [0, 0.1) is 13.5 Å². The standard InChI is InChI=1S/C19H14N2/c1-14-13-21-19(16-9-6-10-17(11-16)20-2)12-18(14)15-7-4-3-5-8-15/h3-13H,1H3. The molecule has 0 N–H and O–H groups in total. The van der Waals surface area contributed by atoms with Crippen molar-refractivity contribution in [2.24, 2.45) is 0 Å². The van der Waals surface area contributed by atoms with Crippen LogP contribution in [-0.2, 0) is 0 Å². The summed E-state index contributed by atoms with van der Waals surface area (Å²) >= 11 is 0. The summed E-state index contributed by atoms with van der Waals surface area (Å²) in [4.78, 5) is 7.98. The summed E-state index contributed by atoms with van der Waals surface area (Å²) in [6, 6.07) is 19.9. The Morgan fingerprint density at radius 3 is 2.43 bits per heavy atom. The van der Waals surface area contributed by atoms with Gasteiger partial charge in [-0.05, 0) is 41.3 Å². The molecule has 0 atom stereocenters. The van der Waals surface area contributed by atoms with E-state index in [1.54, 1.807) is 0 Å². The Labute approximate surface area is 124 Å².